The van der Waals surface area contributed by atoms with Crippen LogP contribution in [0.4, 0.5) is 0 Å². The van der Waals surface area contributed by atoms with Crippen LogP contribution in [0.15, 0.2) is 24.3 Å². The Morgan fingerprint density at radius 1 is 1.30 bits per heavy atom. The minimum atomic E-state index is -0.145. The SMILES string of the molecule is O=C(NCc1nnc2n1CCCC2)C1COc2ccccc2C1. The lowest BCUT2D eigenvalue weighted by Crippen LogP contribution is -2.37. The van der Waals surface area contributed by atoms with Crippen LogP contribution in [0.2, 0.25) is 0 Å². The molecule has 2 aliphatic heterocycles. The van der Waals surface area contributed by atoms with E-state index in [2.05, 4.69) is 20.1 Å². The van der Waals surface area contributed by atoms with Gasteiger partial charge in [0.05, 0.1) is 12.5 Å². The first kappa shape index (κ1) is 14.2. The van der Waals surface area contributed by atoms with Crippen LogP contribution < -0.4 is 10.1 Å². The Morgan fingerprint density at radius 2 is 2.22 bits per heavy atom. The number of aryl methyl sites for hydroxylation is 1. The summed E-state index contributed by atoms with van der Waals surface area (Å²) in [5.41, 5.74) is 1.10. The summed E-state index contributed by atoms with van der Waals surface area (Å²) in [7, 11) is 0. The highest BCUT2D eigenvalue weighted by Crippen LogP contribution is 2.26. The zero-order chi connectivity index (χ0) is 15.6. The number of aromatic nitrogens is 3. The van der Waals surface area contributed by atoms with Crippen molar-refractivity contribution in [3.63, 3.8) is 0 Å². The molecule has 1 unspecified atom stereocenters. The van der Waals surface area contributed by atoms with Gasteiger partial charge >= 0.3 is 0 Å². The van der Waals surface area contributed by atoms with Crippen LogP contribution in [0.5, 0.6) is 5.75 Å². The third kappa shape index (κ3) is 2.81. The quantitative estimate of drug-likeness (QED) is 0.932. The average Bonchev–Trinajstić information content (AvgIpc) is 3.02. The first-order chi connectivity index (χ1) is 11.3. The van der Waals surface area contributed by atoms with Gasteiger partial charge in [-0.05, 0) is 30.9 Å². The van der Waals surface area contributed by atoms with E-state index in [9.17, 15) is 4.79 Å². The highest BCUT2D eigenvalue weighted by molar-refractivity contribution is 5.79. The van der Waals surface area contributed by atoms with Crippen molar-refractivity contribution in [2.45, 2.75) is 38.8 Å². The molecule has 1 aromatic carbocycles. The molecular weight excluding hydrogens is 292 g/mol. The molecule has 23 heavy (non-hydrogen) atoms. The summed E-state index contributed by atoms with van der Waals surface area (Å²) in [4.78, 5) is 12.4. The van der Waals surface area contributed by atoms with Crippen LogP contribution in [-0.4, -0.2) is 27.3 Å². The van der Waals surface area contributed by atoms with E-state index in [-0.39, 0.29) is 11.8 Å². The third-order valence-corrected chi connectivity index (χ3v) is 4.61. The fourth-order valence-electron chi connectivity index (χ4n) is 3.31. The second-order valence-corrected chi connectivity index (χ2v) is 6.18. The van der Waals surface area contributed by atoms with Crippen molar-refractivity contribution >= 4 is 5.91 Å². The van der Waals surface area contributed by atoms with Crippen LogP contribution in [-0.2, 0) is 30.7 Å². The topological polar surface area (TPSA) is 69.0 Å². The van der Waals surface area contributed by atoms with Gasteiger partial charge in [-0.2, -0.15) is 0 Å². The minimum Gasteiger partial charge on any atom is -0.492 e. The Kier molecular flexibility index (Phi) is 3.73. The molecule has 3 heterocycles. The Balaban J connectivity index is 1.38. The maximum Gasteiger partial charge on any atom is 0.227 e. The third-order valence-electron chi connectivity index (χ3n) is 4.61. The second kappa shape index (κ2) is 6.02. The molecule has 2 aromatic rings. The van der Waals surface area contributed by atoms with Crippen molar-refractivity contribution in [2.75, 3.05) is 6.61 Å². The molecular formula is C17H20N4O2. The van der Waals surface area contributed by atoms with Crippen LogP contribution in [0.25, 0.3) is 0 Å². The maximum atomic E-state index is 12.4. The fourth-order valence-corrected chi connectivity index (χ4v) is 3.31. The molecule has 1 aromatic heterocycles. The molecule has 0 aliphatic carbocycles. The van der Waals surface area contributed by atoms with E-state index in [1.807, 2.05) is 24.3 Å². The molecule has 0 spiro atoms. The summed E-state index contributed by atoms with van der Waals surface area (Å²) in [6.45, 7) is 1.82. The normalized spacial score (nSPS) is 19.4. The second-order valence-electron chi connectivity index (χ2n) is 6.18. The maximum absolute atomic E-state index is 12.4. The summed E-state index contributed by atoms with van der Waals surface area (Å²) < 4.78 is 7.83. The van der Waals surface area contributed by atoms with Gasteiger partial charge in [0.1, 0.15) is 18.2 Å². The zero-order valence-corrected chi connectivity index (χ0v) is 13.0. The van der Waals surface area contributed by atoms with E-state index in [0.717, 1.165) is 48.8 Å². The number of nitrogens with zero attached hydrogens (tertiary/aromatic N) is 3. The number of amides is 1. The monoisotopic (exact) mass is 312 g/mol. The lowest BCUT2D eigenvalue weighted by molar-refractivity contribution is -0.126. The molecule has 1 N–H and O–H groups in total. The van der Waals surface area contributed by atoms with Crippen LogP contribution >= 0.6 is 0 Å². The summed E-state index contributed by atoms with van der Waals surface area (Å²) in [5, 5.41) is 11.4. The highest BCUT2D eigenvalue weighted by atomic mass is 16.5. The molecule has 2 aliphatic rings. The summed E-state index contributed by atoms with van der Waals surface area (Å²) in [6, 6.07) is 7.90. The molecule has 6 nitrogen and oxygen atoms in total. The number of hydrogen-bond acceptors (Lipinski definition) is 4. The van der Waals surface area contributed by atoms with Gasteiger partial charge in [0.25, 0.3) is 0 Å². The number of hydrogen-bond donors (Lipinski definition) is 1. The van der Waals surface area contributed by atoms with Gasteiger partial charge in [0, 0.05) is 13.0 Å². The Labute approximate surface area is 134 Å². The molecule has 0 saturated carbocycles. The summed E-state index contributed by atoms with van der Waals surface area (Å²) in [5.74, 6) is 2.66. The van der Waals surface area contributed by atoms with Gasteiger partial charge < -0.3 is 14.6 Å². The van der Waals surface area contributed by atoms with E-state index in [1.165, 1.54) is 6.42 Å². The van der Waals surface area contributed by atoms with Gasteiger partial charge in [-0.1, -0.05) is 18.2 Å². The number of carbonyl (C=O) groups excluding carboxylic acids is 1. The Hall–Kier alpha value is -2.37. The van der Waals surface area contributed by atoms with Crippen molar-refractivity contribution in [3.8, 4) is 5.75 Å². The number of fused-ring (bicyclic) bond motifs is 2. The van der Waals surface area contributed by atoms with Gasteiger partial charge in [0.2, 0.25) is 5.91 Å². The summed E-state index contributed by atoms with van der Waals surface area (Å²) >= 11 is 0. The standard InChI is InChI=1S/C17H20N4O2/c22-17(13-9-12-5-1-2-6-14(12)23-11-13)18-10-16-20-19-15-7-3-4-8-21(15)16/h1-2,5-6,13H,3-4,7-11H2,(H,18,22). The Bertz CT molecular complexity index is 725. The number of carbonyl (C=O) groups is 1. The van der Waals surface area contributed by atoms with Crippen molar-refractivity contribution in [3.05, 3.63) is 41.5 Å². The molecule has 0 fully saturated rings. The average molecular weight is 312 g/mol. The fraction of sp³-hybridized carbons (Fsp3) is 0.471. The summed E-state index contributed by atoms with van der Waals surface area (Å²) in [6.07, 6.45) is 4.02. The van der Waals surface area contributed by atoms with Gasteiger partial charge in [-0.15, -0.1) is 10.2 Å². The van der Waals surface area contributed by atoms with Crippen molar-refractivity contribution in [2.24, 2.45) is 5.92 Å². The number of ether oxygens (including phenoxy) is 1. The van der Waals surface area contributed by atoms with Gasteiger partial charge in [-0.3, -0.25) is 4.79 Å². The van der Waals surface area contributed by atoms with E-state index in [4.69, 9.17) is 4.74 Å². The Morgan fingerprint density at radius 3 is 3.17 bits per heavy atom. The van der Waals surface area contributed by atoms with Gasteiger partial charge in [0.15, 0.2) is 5.82 Å². The van der Waals surface area contributed by atoms with Gasteiger partial charge in [-0.25, -0.2) is 0 Å². The van der Waals surface area contributed by atoms with E-state index in [0.29, 0.717) is 13.2 Å². The predicted molar refractivity (Wildman–Crippen MR) is 83.9 cm³/mol. The van der Waals surface area contributed by atoms with Crippen molar-refractivity contribution in [1.29, 1.82) is 0 Å². The van der Waals surface area contributed by atoms with E-state index < -0.39 is 0 Å². The molecule has 120 valence electrons. The van der Waals surface area contributed by atoms with E-state index >= 15 is 0 Å². The predicted octanol–water partition coefficient (Wildman–Crippen LogP) is 1.48. The molecule has 6 heteroatoms. The molecule has 1 atom stereocenters. The van der Waals surface area contributed by atoms with E-state index in [1.54, 1.807) is 0 Å². The highest BCUT2D eigenvalue weighted by Gasteiger charge is 2.26. The first-order valence-corrected chi connectivity index (χ1v) is 8.20. The van der Waals surface area contributed by atoms with Crippen molar-refractivity contribution in [1.82, 2.24) is 20.1 Å². The smallest absolute Gasteiger partial charge is 0.227 e. The molecule has 0 radical (unpaired) electrons. The number of rotatable bonds is 3. The lowest BCUT2D eigenvalue weighted by atomic mass is 9.96. The van der Waals surface area contributed by atoms with Crippen LogP contribution in [0.3, 0.4) is 0 Å². The lowest BCUT2D eigenvalue weighted by Gasteiger charge is -2.24. The number of para-hydroxylation sites is 1. The minimum absolute atomic E-state index is 0.0210. The van der Waals surface area contributed by atoms with Crippen LogP contribution in [0, 0.1) is 5.92 Å². The van der Waals surface area contributed by atoms with Crippen molar-refractivity contribution < 1.29 is 9.53 Å². The molecule has 4 rings (SSSR count). The first-order valence-electron chi connectivity index (χ1n) is 8.20. The molecule has 1 amide bonds. The largest absolute Gasteiger partial charge is 0.492 e. The molecule has 0 saturated heterocycles. The molecule has 0 bridgehead atoms. The number of nitrogens with one attached hydrogen (secondary N) is 1. The van der Waals surface area contributed by atoms with Crippen LogP contribution in [0.1, 0.15) is 30.1 Å². The number of benzene rings is 1. The zero-order valence-electron chi connectivity index (χ0n) is 13.0.